The first-order valence-corrected chi connectivity index (χ1v) is 5.87. The van der Waals surface area contributed by atoms with Crippen molar-refractivity contribution in [1.82, 2.24) is 0 Å². The maximum atomic E-state index is 12.0. The molecule has 1 aliphatic heterocycles. The van der Waals surface area contributed by atoms with Crippen molar-refractivity contribution in [2.24, 2.45) is 0 Å². The number of carboxylic acids is 1. The topological polar surface area (TPSA) is 54.4 Å². The Morgan fingerprint density at radius 2 is 2.12 bits per heavy atom. The van der Waals surface area contributed by atoms with Gasteiger partial charge < -0.3 is 5.11 Å². The number of aliphatic carboxylic acids is 1. The van der Waals surface area contributed by atoms with Gasteiger partial charge >= 0.3 is 5.97 Å². The van der Waals surface area contributed by atoms with Crippen molar-refractivity contribution < 1.29 is 14.7 Å². The van der Waals surface area contributed by atoms with E-state index in [-0.39, 0.29) is 5.78 Å². The van der Waals surface area contributed by atoms with E-state index in [1.54, 1.807) is 23.9 Å². The fourth-order valence-corrected chi connectivity index (χ4v) is 2.66. The SMILES string of the molecule is O=C(O)C=C1CCSc2ccccc2C1=O. The van der Waals surface area contributed by atoms with Crippen LogP contribution in [0, 0.1) is 0 Å². The number of benzene rings is 1. The quantitative estimate of drug-likeness (QED) is 0.758. The van der Waals surface area contributed by atoms with Crippen molar-refractivity contribution in [3.05, 3.63) is 41.5 Å². The Morgan fingerprint density at radius 3 is 2.88 bits per heavy atom. The molecular formula is C12H10O3S. The van der Waals surface area contributed by atoms with Gasteiger partial charge in [-0.1, -0.05) is 12.1 Å². The molecule has 82 valence electrons. The summed E-state index contributed by atoms with van der Waals surface area (Å²) in [4.78, 5) is 23.6. The fraction of sp³-hybridized carbons (Fsp3) is 0.167. The van der Waals surface area contributed by atoms with Gasteiger partial charge in [0.15, 0.2) is 5.78 Å². The van der Waals surface area contributed by atoms with Gasteiger partial charge in [0.05, 0.1) is 0 Å². The summed E-state index contributed by atoms with van der Waals surface area (Å²) in [6.45, 7) is 0. The molecule has 0 aliphatic carbocycles. The van der Waals surface area contributed by atoms with Crippen LogP contribution in [0.15, 0.2) is 40.8 Å². The van der Waals surface area contributed by atoms with Crippen LogP contribution in [0.5, 0.6) is 0 Å². The van der Waals surface area contributed by atoms with Crippen molar-refractivity contribution in [1.29, 1.82) is 0 Å². The molecule has 3 nitrogen and oxygen atoms in total. The summed E-state index contributed by atoms with van der Waals surface area (Å²) in [5.74, 6) is -0.488. The third-order valence-corrected chi connectivity index (χ3v) is 3.43. The van der Waals surface area contributed by atoms with E-state index in [1.807, 2.05) is 12.1 Å². The summed E-state index contributed by atoms with van der Waals surface area (Å²) in [6, 6.07) is 7.30. The van der Waals surface area contributed by atoms with Crippen LogP contribution >= 0.6 is 11.8 Å². The Bertz CT molecular complexity index is 477. The van der Waals surface area contributed by atoms with Crippen molar-refractivity contribution >= 4 is 23.5 Å². The van der Waals surface area contributed by atoms with Gasteiger partial charge in [-0.25, -0.2) is 4.79 Å². The average Bonchev–Trinajstić information content (AvgIpc) is 2.40. The minimum atomic E-state index is -1.06. The molecule has 1 aromatic carbocycles. The molecule has 0 saturated carbocycles. The number of hydrogen-bond donors (Lipinski definition) is 1. The molecule has 1 aliphatic rings. The van der Waals surface area contributed by atoms with Gasteiger partial charge in [0.1, 0.15) is 0 Å². The largest absolute Gasteiger partial charge is 0.478 e. The molecule has 0 radical (unpaired) electrons. The second-order valence-corrected chi connectivity index (χ2v) is 4.57. The summed E-state index contributed by atoms with van der Waals surface area (Å²) in [5, 5.41) is 8.69. The Hall–Kier alpha value is -1.55. The number of fused-ring (bicyclic) bond motifs is 1. The molecule has 4 heteroatoms. The van der Waals surface area contributed by atoms with Crippen LogP contribution in [0.25, 0.3) is 0 Å². The Morgan fingerprint density at radius 1 is 1.38 bits per heavy atom. The first-order valence-electron chi connectivity index (χ1n) is 4.88. The van der Waals surface area contributed by atoms with Crippen molar-refractivity contribution in [2.75, 3.05) is 5.75 Å². The number of carbonyl (C=O) groups is 2. The van der Waals surface area contributed by atoms with Crippen LogP contribution in [-0.2, 0) is 4.79 Å². The van der Waals surface area contributed by atoms with E-state index < -0.39 is 5.97 Å². The van der Waals surface area contributed by atoms with Gasteiger partial charge in [-0.2, -0.15) is 0 Å². The molecule has 0 fully saturated rings. The van der Waals surface area contributed by atoms with Gasteiger partial charge in [-0.15, -0.1) is 11.8 Å². The molecule has 1 aromatic rings. The van der Waals surface area contributed by atoms with Crippen molar-refractivity contribution in [3.8, 4) is 0 Å². The molecule has 0 bridgehead atoms. The lowest BCUT2D eigenvalue weighted by molar-refractivity contribution is -0.131. The van der Waals surface area contributed by atoms with Crippen LogP contribution in [0.2, 0.25) is 0 Å². The molecule has 1 heterocycles. The maximum absolute atomic E-state index is 12.0. The van der Waals surface area contributed by atoms with Crippen LogP contribution in [0.3, 0.4) is 0 Å². The average molecular weight is 234 g/mol. The van der Waals surface area contributed by atoms with Gasteiger partial charge in [0.2, 0.25) is 0 Å². The monoisotopic (exact) mass is 234 g/mol. The number of carbonyl (C=O) groups excluding carboxylic acids is 1. The van der Waals surface area contributed by atoms with Crippen LogP contribution < -0.4 is 0 Å². The van der Waals surface area contributed by atoms with Gasteiger partial charge in [0.25, 0.3) is 0 Å². The Kier molecular flexibility index (Phi) is 3.10. The van der Waals surface area contributed by atoms with E-state index in [1.165, 1.54) is 0 Å². The summed E-state index contributed by atoms with van der Waals surface area (Å²) < 4.78 is 0. The lowest BCUT2D eigenvalue weighted by atomic mass is 10.0. The highest BCUT2D eigenvalue weighted by atomic mass is 32.2. The molecular weight excluding hydrogens is 224 g/mol. The Balaban J connectivity index is 2.45. The van der Waals surface area contributed by atoms with E-state index in [0.29, 0.717) is 17.6 Å². The molecule has 1 N–H and O–H groups in total. The second-order valence-electron chi connectivity index (χ2n) is 3.43. The van der Waals surface area contributed by atoms with E-state index >= 15 is 0 Å². The first kappa shape index (κ1) is 11.0. The first-order chi connectivity index (χ1) is 7.68. The molecule has 0 atom stereocenters. The number of hydrogen-bond acceptors (Lipinski definition) is 3. The zero-order chi connectivity index (χ0) is 11.5. The summed E-state index contributed by atoms with van der Waals surface area (Å²) in [6.07, 6.45) is 1.52. The number of Topliss-reactive ketones (excluding diaryl/α,β-unsaturated/α-hetero) is 1. The zero-order valence-corrected chi connectivity index (χ0v) is 9.29. The van der Waals surface area contributed by atoms with E-state index in [9.17, 15) is 9.59 Å². The lowest BCUT2D eigenvalue weighted by Crippen LogP contribution is -2.05. The number of thioether (sulfide) groups is 1. The van der Waals surface area contributed by atoms with Gasteiger partial charge in [-0.3, -0.25) is 4.79 Å². The molecule has 2 rings (SSSR count). The van der Waals surface area contributed by atoms with Crippen LogP contribution in [0.4, 0.5) is 0 Å². The second kappa shape index (κ2) is 4.53. The summed E-state index contributed by atoms with van der Waals surface area (Å²) in [5.41, 5.74) is 0.988. The predicted octanol–water partition coefficient (Wildman–Crippen LogP) is 2.38. The van der Waals surface area contributed by atoms with Crippen molar-refractivity contribution in [3.63, 3.8) is 0 Å². The van der Waals surface area contributed by atoms with Gasteiger partial charge in [-0.05, 0) is 18.6 Å². The minimum absolute atomic E-state index is 0.164. The molecule has 0 saturated heterocycles. The highest BCUT2D eigenvalue weighted by Crippen LogP contribution is 2.30. The fourth-order valence-electron chi connectivity index (χ4n) is 1.62. The number of allylic oxidation sites excluding steroid dienone is 1. The predicted molar refractivity (Wildman–Crippen MR) is 61.8 cm³/mol. The van der Waals surface area contributed by atoms with Crippen LogP contribution in [0.1, 0.15) is 16.8 Å². The zero-order valence-electron chi connectivity index (χ0n) is 8.47. The third kappa shape index (κ3) is 2.17. The van der Waals surface area contributed by atoms with Crippen LogP contribution in [-0.4, -0.2) is 22.6 Å². The molecule has 16 heavy (non-hydrogen) atoms. The Labute approximate surface area is 97.2 Å². The number of carboxylic acid groups (broad SMARTS) is 1. The van der Waals surface area contributed by atoms with Gasteiger partial charge in [0, 0.05) is 27.9 Å². The normalized spacial score (nSPS) is 18.0. The third-order valence-electron chi connectivity index (χ3n) is 2.35. The number of ketones is 1. The maximum Gasteiger partial charge on any atom is 0.328 e. The van der Waals surface area contributed by atoms with E-state index in [4.69, 9.17) is 5.11 Å². The minimum Gasteiger partial charge on any atom is -0.478 e. The highest BCUT2D eigenvalue weighted by molar-refractivity contribution is 7.99. The number of rotatable bonds is 1. The standard InChI is InChI=1S/C12H10O3S/c13-11(14)7-8-5-6-16-10-4-2-1-3-9(10)12(8)15/h1-4,7H,5-6H2,(H,13,14). The van der Waals surface area contributed by atoms with E-state index in [0.717, 1.165) is 16.7 Å². The molecule has 0 unspecified atom stereocenters. The van der Waals surface area contributed by atoms with Crippen molar-refractivity contribution in [2.45, 2.75) is 11.3 Å². The highest BCUT2D eigenvalue weighted by Gasteiger charge is 2.20. The summed E-state index contributed by atoms with van der Waals surface area (Å²) >= 11 is 1.59. The molecule has 0 amide bonds. The lowest BCUT2D eigenvalue weighted by Gasteiger charge is -2.02. The summed E-state index contributed by atoms with van der Waals surface area (Å²) in [7, 11) is 0. The molecule has 0 spiro atoms. The van der Waals surface area contributed by atoms with E-state index in [2.05, 4.69) is 0 Å². The molecule has 0 aromatic heterocycles. The smallest absolute Gasteiger partial charge is 0.328 e.